The maximum atomic E-state index is 12.7. The Morgan fingerprint density at radius 2 is 1.86 bits per heavy atom. The molecule has 0 radical (unpaired) electrons. The van der Waals surface area contributed by atoms with Gasteiger partial charge in [0.25, 0.3) is 5.91 Å². The molecule has 4 rings (SSSR count). The van der Waals surface area contributed by atoms with Gasteiger partial charge in [0.2, 0.25) is 0 Å². The predicted molar refractivity (Wildman–Crippen MR) is 103 cm³/mol. The fraction of sp³-hybridized carbons (Fsp3) is 0.278. The summed E-state index contributed by atoms with van der Waals surface area (Å²) in [5.74, 6) is 0.354. The highest BCUT2D eigenvalue weighted by atomic mass is 32.1. The zero-order valence-electron chi connectivity index (χ0n) is 14.5. The number of thiophene rings is 1. The Hall–Kier alpha value is -2.46. The molecule has 1 saturated heterocycles. The van der Waals surface area contributed by atoms with Crippen molar-refractivity contribution in [3.63, 3.8) is 0 Å². The lowest BCUT2D eigenvalue weighted by Gasteiger charge is -2.35. The summed E-state index contributed by atoms with van der Waals surface area (Å²) in [6.07, 6.45) is -3.56. The van der Waals surface area contributed by atoms with Gasteiger partial charge in [-0.25, -0.2) is 9.97 Å². The minimum absolute atomic E-state index is 0.126. The van der Waals surface area contributed by atoms with Crippen LogP contribution in [0, 0.1) is 0 Å². The first-order valence-electron chi connectivity index (χ1n) is 8.49. The summed E-state index contributed by atoms with van der Waals surface area (Å²) in [5, 5.41) is 4.56. The van der Waals surface area contributed by atoms with Crippen LogP contribution in [-0.2, 0) is 6.18 Å². The van der Waals surface area contributed by atoms with E-state index >= 15 is 0 Å². The van der Waals surface area contributed by atoms with E-state index < -0.39 is 11.7 Å². The van der Waals surface area contributed by atoms with Gasteiger partial charge in [0.05, 0.1) is 10.4 Å². The summed E-state index contributed by atoms with van der Waals surface area (Å²) in [6, 6.07) is 6.31. The predicted octanol–water partition coefficient (Wildman–Crippen LogP) is 4.25. The molecule has 4 heterocycles. The SMILES string of the molecule is O=C(c1csc(-c2cccs2)n1)N1CCN(c2ccc(C(F)(F)F)cn2)CC1. The van der Waals surface area contributed by atoms with Crippen LogP contribution in [0.3, 0.4) is 0 Å². The van der Waals surface area contributed by atoms with Crippen LogP contribution < -0.4 is 4.90 Å². The number of rotatable bonds is 3. The topological polar surface area (TPSA) is 49.3 Å². The minimum atomic E-state index is -4.40. The van der Waals surface area contributed by atoms with Crippen LogP contribution in [0.5, 0.6) is 0 Å². The summed E-state index contributed by atoms with van der Waals surface area (Å²) < 4.78 is 38.0. The van der Waals surface area contributed by atoms with E-state index in [1.165, 1.54) is 17.4 Å². The molecule has 3 aromatic rings. The van der Waals surface area contributed by atoms with Gasteiger partial charge in [-0.05, 0) is 23.6 Å². The third-order valence-electron chi connectivity index (χ3n) is 4.42. The molecule has 0 bridgehead atoms. The third kappa shape index (κ3) is 3.88. The summed E-state index contributed by atoms with van der Waals surface area (Å²) in [5.41, 5.74) is -0.343. The van der Waals surface area contributed by atoms with Crippen LogP contribution in [-0.4, -0.2) is 47.0 Å². The molecule has 0 saturated carbocycles. The van der Waals surface area contributed by atoms with E-state index in [0.29, 0.717) is 37.7 Å². The quantitative estimate of drug-likeness (QED) is 0.631. The summed E-state index contributed by atoms with van der Waals surface area (Å²) >= 11 is 3.02. The number of thiazole rings is 1. The molecule has 0 aliphatic carbocycles. The lowest BCUT2D eigenvalue weighted by Crippen LogP contribution is -2.49. The van der Waals surface area contributed by atoms with Gasteiger partial charge in [0.1, 0.15) is 16.5 Å². The number of piperazine rings is 1. The first-order valence-corrected chi connectivity index (χ1v) is 10.2. The van der Waals surface area contributed by atoms with Crippen LogP contribution in [0.2, 0.25) is 0 Å². The van der Waals surface area contributed by atoms with Crippen molar-refractivity contribution in [1.82, 2.24) is 14.9 Å². The molecule has 28 heavy (non-hydrogen) atoms. The van der Waals surface area contributed by atoms with Crippen LogP contribution in [0.4, 0.5) is 19.0 Å². The highest BCUT2D eigenvalue weighted by Gasteiger charge is 2.31. The molecule has 1 aliphatic rings. The molecule has 1 amide bonds. The lowest BCUT2D eigenvalue weighted by atomic mass is 10.2. The van der Waals surface area contributed by atoms with Gasteiger partial charge in [-0.15, -0.1) is 22.7 Å². The van der Waals surface area contributed by atoms with Crippen molar-refractivity contribution in [2.45, 2.75) is 6.18 Å². The van der Waals surface area contributed by atoms with E-state index in [0.717, 1.165) is 22.1 Å². The van der Waals surface area contributed by atoms with Gasteiger partial charge in [-0.1, -0.05) is 6.07 Å². The van der Waals surface area contributed by atoms with Crippen LogP contribution in [0.1, 0.15) is 16.1 Å². The molecule has 0 atom stereocenters. The van der Waals surface area contributed by atoms with E-state index in [1.807, 2.05) is 22.4 Å². The van der Waals surface area contributed by atoms with Gasteiger partial charge in [-0.2, -0.15) is 13.2 Å². The number of aromatic nitrogens is 2. The second kappa shape index (κ2) is 7.51. The van der Waals surface area contributed by atoms with Crippen molar-refractivity contribution in [2.24, 2.45) is 0 Å². The van der Waals surface area contributed by atoms with Crippen molar-refractivity contribution in [2.75, 3.05) is 31.1 Å². The van der Waals surface area contributed by atoms with Gasteiger partial charge in [-0.3, -0.25) is 4.79 Å². The Bertz CT molecular complexity index is 946. The van der Waals surface area contributed by atoms with Gasteiger partial charge < -0.3 is 9.80 Å². The zero-order valence-corrected chi connectivity index (χ0v) is 16.2. The zero-order chi connectivity index (χ0) is 19.7. The summed E-state index contributed by atoms with van der Waals surface area (Å²) in [6.45, 7) is 1.94. The minimum Gasteiger partial charge on any atom is -0.353 e. The number of pyridine rings is 1. The average Bonchev–Trinajstić information content (AvgIpc) is 3.38. The second-order valence-electron chi connectivity index (χ2n) is 6.20. The highest BCUT2D eigenvalue weighted by Crippen LogP contribution is 2.30. The van der Waals surface area contributed by atoms with E-state index in [9.17, 15) is 18.0 Å². The molecule has 10 heteroatoms. The number of alkyl halides is 3. The largest absolute Gasteiger partial charge is 0.417 e. The summed E-state index contributed by atoms with van der Waals surface area (Å²) in [4.78, 5) is 25.7. The van der Waals surface area contributed by atoms with Crippen LogP contribution >= 0.6 is 22.7 Å². The van der Waals surface area contributed by atoms with Crippen LogP contribution in [0.25, 0.3) is 9.88 Å². The molecule has 3 aromatic heterocycles. The molecule has 146 valence electrons. The van der Waals surface area contributed by atoms with Crippen molar-refractivity contribution >= 4 is 34.4 Å². The smallest absolute Gasteiger partial charge is 0.353 e. The Labute approximate surface area is 167 Å². The van der Waals surface area contributed by atoms with Gasteiger partial charge >= 0.3 is 6.18 Å². The number of nitrogens with zero attached hydrogens (tertiary/aromatic N) is 4. The molecular formula is C18H15F3N4OS2. The molecule has 1 aliphatic heterocycles. The van der Waals surface area contributed by atoms with E-state index in [-0.39, 0.29) is 5.91 Å². The van der Waals surface area contributed by atoms with Gasteiger partial charge in [0, 0.05) is 37.8 Å². The Morgan fingerprint density at radius 1 is 1.07 bits per heavy atom. The first-order chi connectivity index (χ1) is 13.4. The monoisotopic (exact) mass is 424 g/mol. The molecular weight excluding hydrogens is 409 g/mol. The first kappa shape index (κ1) is 18.9. The lowest BCUT2D eigenvalue weighted by molar-refractivity contribution is -0.137. The Kier molecular flexibility index (Phi) is 5.07. The Balaban J connectivity index is 1.38. The molecule has 5 nitrogen and oxygen atoms in total. The molecule has 0 N–H and O–H groups in total. The normalized spacial score (nSPS) is 15.1. The molecule has 0 aromatic carbocycles. The number of hydrogen-bond acceptors (Lipinski definition) is 6. The molecule has 1 fully saturated rings. The third-order valence-corrected chi connectivity index (χ3v) is 6.30. The number of anilines is 1. The number of amides is 1. The maximum Gasteiger partial charge on any atom is 0.417 e. The van der Waals surface area contributed by atoms with Crippen molar-refractivity contribution in [1.29, 1.82) is 0 Å². The van der Waals surface area contributed by atoms with Crippen molar-refractivity contribution < 1.29 is 18.0 Å². The highest BCUT2D eigenvalue weighted by molar-refractivity contribution is 7.20. The fourth-order valence-electron chi connectivity index (χ4n) is 2.93. The number of hydrogen-bond donors (Lipinski definition) is 0. The van der Waals surface area contributed by atoms with Crippen LogP contribution in [0.15, 0.2) is 41.2 Å². The molecule has 0 spiro atoms. The average molecular weight is 424 g/mol. The van der Waals surface area contributed by atoms with E-state index in [1.54, 1.807) is 21.6 Å². The number of carbonyl (C=O) groups excluding carboxylic acids is 1. The van der Waals surface area contributed by atoms with Crippen molar-refractivity contribution in [3.8, 4) is 9.88 Å². The number of halogens is 3. The second-order valence-corrected chi connectivity index (χ2v) is 8.00. The maximum absolute atomic E-state index is 12.7. The fourth-order valence-corrected chi connectivity index (χ4v) is 4.53. The molecule has 0 unspecified atom stereocenters. The van der Waals surface area contributed by atoms with E-state index in [2.05, 4.69) is 9.97 Å². The standard InChI is InChI=1S/C18H15F3N4OS2/c19-18(20,21)12-3-4-15(22-10-12)24-5-7-25(8-6-24)17(26)13-11-28-16(23-13)14-2-1-9-27-14/h1-4,9-11H,5-8H2. The number of carbonyl (C=O) groups is 1. The van der Waals surface area contributed by atoms with Crippen molar-refractivity contribution in [3.05, 3.63) is 52.5 Å². The Morgan fingerprint density at radius 3 is 2.46 bits per heavy atom. The van der Waals surface area contributed by atoms with E-state index in [4.69, 9.17) is 0 Å². The van der Waals surface area contributed by atoms with Gasteiger partial charge in [0.15, 0.2) is 0 Å². The summed E-state index contributed by atoms with van der Waals surface area (Å²) in [7, 11) is 0.